The molecule has 0 radical (unpaired) electrons. The van der Waals surface area contributed by atoms with E-state index in [9.17, 15) is 9.59 Å². The molecule has 2 saturated heterocycles. The van der Waals surface area contributed by atoms with Crippen LogP contribution in [0.3, 0.4) is 0 Å². The Balaban J connectivity index is 1.34. The van der Waals surface area contributed by atoms with Gasteiger partial charge in [-0.05, 0) is 56.0 Å². The van der Waals surface area contributed by atoms with Gasteiger partial charge in [-0.1, -0.05) is 25.1 Å². The van der Waals surface area contributed by atoms with Crippen LogP contribution < -0.4 is 0 Å². The fraction of sp³-hybridized carbons (Fsp3) is 0.565. The summed E-state index contributed by atoms with van der Waals surface area (Å²) in [5, 5.41) is 1.17. The lowest BCUT2D eigenvalue weighted by Crippen LogP contribution is -2.47. The SMILES string of the molecule is Cc1cc2ccccc2n1CC(=O)N1CCC(C(=O)N2CCC(C)CC2)CC1. The molecule has 1 aromatic heterocycles. The number of para-hydroxylation sites is 1. The van der Waals surface area contributed by atoms with Crippen molar-refractivity contribution in [1.82, 2.24) is 14.4 Å². The van der Waals surface area contributed by atoms with Gasteiger partial charge in [0.2, 0.25) is 11.8 Å². The Labute approximate surface area is 167 Å². The number of aryl methyl sites for hydroxylation is 1. The van der Waals surface area contributed by atoms with Gasteiger partial charge in [0.1, 0.15) is 6.54 Å². The lowest BCUT2D eigenvalue weighted by molar-refractivity contribution is -0.141. The van der Waals surface area contributed by atoms with E-state index in [0.29, 0.717) is 25.5 Å². The second-order valence-electron chi connectivity index (χ2n) is 8.59. The molecular formula is C23H31N3O2. The van der Waals surface area contributed by atoms with Gasteiger partial charge in [-0.3, -0.25) is 9.59 Å². The second-order valence-corrected chi connectivity index (χ2v) is 8.59. The summed E-state index contributed by atoms with van der Waals surface area (Å²) < 4.78 is 2.10. The number of amides is 2. The highest BCUT2D eigenvalue weighted by atomic mass is 16.2. The summed E-state index contributed by atoms with van der Waals surface area (Å²) in [7, 11) is 0. The second kappa shape index (κ2) is 7.98. The minimum atomic E-state index is 0.0894. The van der Waals surface area contributed by atoms with Crippen LogP contribution in [0.15, 0.2) is 30.3 Å². The molecule has 0 bridgehead atoms. The molecule has 2 aliphatic heterocycles. The van der Waals surface area contributed by atoms with Crippen molar-refractivity contribution >= 4 is 22.7 Å². The maximum atomic E-state index is 12.9. The van der Waals surface area contributed by atoms with Crippen molar-refractivity contribution in [2.24, 2.45) is 11.8 Å². The van der Waals surface area contributed by atoms with Crippen LogP contribution in [0.25, 0.3) is 10.9 Å². The zero-order chi connectivity index (χ0) is 19.7. The number of hydrogen-bond donors (Lipinski definition) is 0. The number of likely N-dealkylation sites (tertiary alicyclic amines) is 2. The van der Waals surface area contributed by atoms with E-state index in [2.05, 4.69) is 41.5 Å². The molecule has 4 rings (SSSR count). The average molecular weight is 382 g/mol. The highest BCUT2D eigenvalue weighted by Gasteiger charge is 2.31. The summed E-state index contributed by atoms with van der Waals surface area (Å²) in [6.45, 7) is 7.88. The van der Waals surface area contributed by atoms with Crippen LogP contribution in [0.2, 0.25) is 0 Å². The number of carbonyl (C=O) groups is 2. The number of carbonyl (C=O) groups excluding carboxylic acids is 2. The molecule has 5 heteroatoms. The molecule has 0 atom stereocenters. The van der Waals surface area contributed by atoms with Crippen molar-refractivity contribution in [1.29, 1.82) is 0 Å². The van der Waals surface area contributed by atoms with E-state index in [1.807, 2.05) is 17.0 Å². The third-order valence-electron chi connectivity index (χ3n) is 6.60. The summed E-state index contributed by atoms with van der Waals surface area (Å²) in [6.07, 6.45) is 3.82. The van der Waals surface area contributed by atoms with Gasteiger partial charge in [-0.2, -0.15) is 0 Å². The smallest absolute Gasteiger partial charge is 0.242 e. The molecule has 0 N–H and O–H groups in total. The summed E-state index contributed by atoms with van der Waals surface area (Å²) in [5.41, 5.74) is 2.22. The van der Waals surface area contributed by atoms with Crippen LogP contribution in [0.4, 0.5) is 0 Å². The van der Waals surface area contributed by atoms with E-state index in [1.165, 1.54) is 5.39 Å². The van der Waals surface area contributed by atoms with Gasteiger partial charge in [0.05, 0.1) is 0 Å². The van der Waals surface area contributed by atoms with Gasteiger partial charge < -0.3 is 14.4 Å². The van der Waals surface area contributed by atoms with Crippen molar-refractivity contribution in [2.75, 3.05) is 26.2 Å². The highest BCUT2D eigenvalue weighted by molar-refractivity contribution is 5.84. The highest BCUT2D eigenvalue weighted by Crippen LogP contribution is 2.24. The molecule has 1 aromatic carbocycles. The minimum absolute atomic E-state index is 0.0894. The number of rotatable bonds is 3. The molecular weight excluding hydrogens is 350 g/mol. The standard InChI is InChI=1S/C23H31N3O2/c1-17-7-11-25(12-8-17)23(28)19-9-13-24(14-10-19)22(27)16-26-18(2)15-20-5-3-4-6-21(20)26/h3-6,15,17,19H,7-14,16H2,1-2H3. The van der Waals surface area contributed by atoms with Gasteiger partial charge >= 0.3 is 0 Å². The number of nitrogens with zero attached hydrogens (tertiary/aromatic N) is 3. The van der Waals surface area contributed by atoms with Crippen LogP contribution in [-0.2, 0) is 16.1 Å². The lowest BCUT2D eigenvalue weighted by Gasteiger charge is -2.36. The van der Waals surface area contributed by atoms with E-state index < -0.39 is 0 Å². The van der Waals surface area contributed by atoms with E-state index in [4.69, 9.17) is 0 Å². The predicted octanol–water partition coefficient (Wildman–Crippen LogP) is 3.45. The Morgan fingerprint density at radius 3 is 2.32 bits per heavy atom. The maximum absolute atomic E-state index is 12.9. The molecule has 0 saturated carbocycles. The Morgan fingerprint density at radius 1 is 0.964 bits per heavy atom. The molecule has 0 aliphatic carbocycles. The fourth-order valence-corrected chi connectivity index (χ4v) is 4.66. The molecule has 2 amide bonds. The molecule has 2 aliphatic rings. The Hall–Kier alpha value is -2.30. The number of hydrogen-bond acceptors (Lipinski definition) is 2. The summed E-state index contributed by atoms with van der Waals surface area (Å²) in [6, 6.07) is 10.3. The first-order valence-corrected chi connectivity index (χ1v) is 10.6. The number of benzene rings is 1. The largest absolute Gasteiger partial charge is 0.342 e. The maximum Gasteiger partial charge on any atom is 0.242 e. The molecule has 150 valence electrons. The first-order valence-electron chi connectivity index (χ1n) is 10.6. The monoisotopic (exact) mass is 381 g/mol. The minimum Gasteiger partial charge on any atom is -0.342 e. The number of aromatic nitrogens is 1. The van der Waals surface area contributed by atoms with Crippen LogP contribution in [-0.4, -0.2) is 52.4 Å². The van der Waals surface area contributed by atoms with Crippen molar-refractivity contribution < 1.29 is 9.59 Å². The van der Waals surface area contributed by atoms with Crippen molar-refractivity contribution in [3.8, 4) is 0 Å². The Morgan fingerprint density at radius 2 is 1.61 bits per heavy atom. The molecule has 3 heterocycles. The fourth-order valence-electron chi connectivity index (χ4n) is 4.66. The van der Waals surface area contributed by atoms with Crippen molar-refractivity contribution in [3.63, 3.8) is 0 Å². The van der Waals surface area contributed by atoms with Crippen LogP contribution >= 0.6 is 0 Å². The lowest BCUT2D eigenvalue weighted by atomic mass is 9.92. The van der Waals surface area contributed by atoms with E-state index >= 15 is 0 Å². The molecule has 2 fully saturated rings. The molecule has 0 spiro atoms. The van der Waals surface area contributed by atoms with Gasteiger partial charge in [-0.15, -0.1) is 0 Å². The van der Waals surface area contributed by atoms with Crippen molar-refractivity contribution in [3.05, 3.63) is 36.0 Å². The van der Waals surface area contributed by atoms with Crippen LogP contribution in [0, 0.1) is 18.8 Å². The molecule has 5 nitrogen and oxygen atoms in total. The predicted molar refractivity (Wildman–Crippen MR) is 111 cm³/mol. The van der Waals surface area contributed by atoms with Gasteiger partial charge in [0, 0.05) is 43.3 Å². The topological polar surface area (TPSA) is 45.6 Å². The number of piperidine rings is 2. The zero-order valence-corrected chi connectivity index (χ0v) is 17.1. The first kappa shape index (κ1) is 19.0. The van der Waals surface area contributed by atoms with Gasteiger partial charge in [0.15, 0.2) is 0 Å². The normalized spacial score (nSPS) is 19.4. The quantitative estimate of drug-likeness (QED) is 0.817. The van der Waals surface area contributed by atoms with Crippen LogP contribution in [0.5, 0.6) is 0 Å². The van der Waals surface area contributed by atoms with E-state index in [0.717, 1.165) is 55.9 Å². The summed E-state index contributed by atoms with van der Waals surface area (Å²) in [5.74, 6) is 1.29. The Kier molecular flexibility index (Phi) is 5.42. The third kappa shape index (κ3) is 3.80. The van der Waals surface area contributed by atoms with Crippen LogP contribution in [0.1, 0.15) is 38.3 Å². The van der Waals surface area contributed by atoms with Crippen molar-refractivity contribution in [2.45, 2.75) is 46.1 Å². The number of fused-ring (bicyclic) bond motifs is 1. The molecule has 0 unspecified atom stereocenters. The Bertz CT molecular complexity index is 856. The first-order chi connectivity index (χ1) is 13.5. The van der Waals surface area contributed by atoms with E-state index in [1.54, 1.807) is 0 Å². The van der Waals surface area contributed by atoms with Gasteiger partial charge in [0.25, 0.3) is 0 Å². The average Bonchev–Trinajstić information content (AvgIpc) is 3.03. The molecule has 28 heavy (non-hydrogen) atoms. The van der Waals surface area contributed by atoms with Gasteiger partial charge in [-0.25, -0.2) is 0 Å². The van der Waals surface area contributed by atoms with E-state index in [-0.39, 0.29) is 11.8 Å². The summed E-state index contributed by atoms with van der Waals surface area (Å²) >= 11 is 0. The third-order valence-corrected chi connectivity index (χ3v) is 6.60. The zero-order valence-electron chi connectivity index (χ0n) is 17.1. The summed E-state index contributed by atoms with van der Waals surface area (Å²) in [4.78, 5) is 29.7. The molecule has 2 aromatic rings.